The largest absolute Gasteiger partial charge is 0.316 e. The van der Waals surface area contributed by atoms with E-state index in [1.807, 2.05) is 0 Å². The fourth-order valence-corrected chi connectivity index (χ4v) is 3.21. The Hall–Kier alpha value is -0.0800. The van der Waals surface area contributed by atoms with Gasteiger partial charge >= 0.3 is 0 Å². The summed E-state index contributed by atoms with van der Waals surface area (Å²) < 4.78 is 0. The number of nitrogens with one attached hydrogen (secondary N) is 1. The van der Waals surface area contributed by atoms with Crippen molar-refractivity contribution in [3.05, 3.63) is 0 Å². The van der Waals surface area contributed by atoms with Gasteiger partial charge in [-0.2, -0.15) is 0 Å². The zero-order valence-electron chi connectivity index (χ0n) is 10.1. The summed E-state index contributed by atoms with van der Waals surface area (Å²) in [4.78, 5) is 2.66. The Morgan fingerprint density at radius 3 is 2.14 bits per heavy atom. The van der Waals surface area contributed by atoms with Crippen LogP contribution in [0.5, 0.6) is 0 Å². The van der Waals surface area contributed by atoms with Crippen LogP contribution in [0.25, 0.3) is 0 Å². The molecular weight excluding hydrogens is 172 g/mol. The highest BCUT2D eigenvalue weighted by atomic mass is 15.2. The Balaban J connectivity index is 1.90. The van der Waals surface area contributed by atoms with Crippen LogP contribution < -0.4 is 5.32 Å². The minimum absolute atomic E-state index is 0.345. The molecule has 2 aliphatic rings. The molecule has 0 atom stereocenters. The fourth-order valence-electron chi connectivity index (χ4n) is 3.21. The molecule has 1 saturated heterocycles. The van der Waals surface area contributed by atoms with Crippen molar-refractivity contribution in [3.8, 4) is 0 Å². The SMILES string of the molecule is CCN(C1CC2(CNC2)C1)C(C)(C)C. The van der Waals surface area contributed by atoms with E-state index in [0.717, 1.165) is 6.04 Å². The van der Waals surface area contributed by atoms with Gasteiger partial charge in [-0.15, -0.1) is 0 Å². The highest BCUT2D eigenvalue weighted by Gasteiger charge is 2.51. The third-order valence-corrected chi connectivity index (χ3v) is 3.98. The first kappa shape index (κ1) is 10.4. The lowest BCUT2D eigenvalue weighted by molar-refractivity contribution is -0.0653. The molecule has 0 radical (unpaired) electrons. The predicted octanol–water partition coefficient (Wildman–Crippen LogP) is 1.86. The van der Waals surface area contributed by atoms with Gasteiger partial charge in [0.05, 0.1) is 0 Å². The summed E-state index contributed by atoms with van der Waals surface area (Å²) in [5.41, 5.74) is 1.06. The van der Waals surface area contributed by atoms with Crippen molar-refractivity contribution < 1.29 is 0 Å². The molecule has 2 heteroatoms. The van der Waals surface area contributed by atoms with Gasteiger partial charge < -0.3 is 5.32 Å². The monoisotopic (exact) mass is 196 g/mol. The van der Waals surface area contributed by atoms with E-state index < -0.39 is 0 Å². The number of hydrogen-bond acceptors (Lipinski definition) is 2. The maximum atomic E-state index is 3.40. The summed E-state index contributed by atoms with van der Waals surface area (Å²) in [6, 6.07) is 0.849. The molecule has 14 heavy (non-hydrogen) atoms. The number of rotatable bonds is 2. The molecule has 0 aromatic heterocycles. The van der Waals surface area contributed by atoms with Crippen LogP contribution in [0.2, 0.25) is 0 Å². The lowest BCUT2D eigenvalue weighted by Crippen LogP contribution is -2.67. The molecule has 2 fully saturated rings. The number of hydrogen-bond donors (Lipinski definition) is 1. The van der Waals surface area contributed by atoms with Crippen LogP contribution in [0.1, 0.15) is 40.5 Å². The summed E-state index contributed by atoms with van der Waals surface area (Å²) in [6.45, 7) is 13.0. The molecule has 0 unspecified atom stereocenters. The fraction of sp³-hybridized carbons (Fsp3) is 1.00. The Bertz CT molecular complexity index is 205. The lowest BCUT2D eigenvalue weighted by Gasteiger charge is -2.59. The van der Waals surface area contributed by atoms with Crippen molar-refractivity contribution in [2.75, 3.05) is 19.6 Å². The highest BCUT2D eigenvalue weighted by Crippen LogP contribution is 2.47. The molecule has 1 heterocycles. The van der Waals surface area contributed by atoms with Gasteiger partial charge in [0.15, 0.2) is 0 Å². The quantitative estimate of drug-likeness (QED) is 0.725. The minimum atomic E-state index is 0.345. The van der Waals surface area contributed by atoms with Crippen LogP contribution in [0, 0.1) is 5.41 Å². The van der Waals surface area contributed by atoms with Crippen LogP contribution in [0.3, 0.4) is 0 Å². The second-order valence-electron chi connectivity index (χ2n) is 6.12. The summed E-state index contributed by atoms with van der Waals surface area (Å²) in [6.07, 6.45) is 2.84. The van der Waals surface area contributed by atoms with Crippen LogP contribution in [0.4, 0.5) is 0 Å². The Kier molecular flexibility index (Phi) is 2.39. The zero-order valence-corrected chi connectivity index (χ0v) is 10.1. The molecule has 0 aromatic rings. The molecule has 0 amide bonds. The third-order valence-electron chi connectivity index (χ3n) is 3.98. The Morgan fingerprint density at radius 2 is 1.86 bits per heavy atom. The van der Waals surface area contributed by atoms with E-state index in [-0.39, 0.29) is 0 Å². The molecule has 0 bridgehead atoms. The Labute approximate surface area is 88.1 Å². The molecule has 1 aliphatic carbocycles. The maximum absolute atomic E-state index is 3.40. The molecule has 1 aliphatic heterocycles. The van der Waals surface area contributed by atoms with E-state index in [1.54, 1.807) is 0 Å². The van der Waals surface area contributed by atoms with E-state index >= 15 is 0 Å². The van der Waals surface area contributed by atoms with E-state index in [1.165, 1.54) is 32.5 Å². The maximum Gasteiger partial charge on any atom is 0.0127 e. The summed E-state index contributed by atoms with van der Waals surface area (Å²) in [5.74, 6) is 0. The van der Waals surface area contributed by atoms with Crippen molar-refractivity contribution in [3.63, 3.8) is 0 Å². The van der Waals surface area contributed by atoms with Gasteiger partial charge in [0, 0.05) is 24.7 Å². The first-order chi connectivity index (χ1) is 6.47. The van der Waals surface area contributed by atoms with E-state index in [9.17, 15) is 0 Å². The van der Waals surface area contributed by atoms with Crippen LogP contribution >= 0.6 is 0 Å². The van der Waals surface area contributed by atoms with Crippen molar-refractivity contribution in [1.82, 2.24) is 10.2 Å². The van der Waals surface area contributed by atoms with Gasteiger partial charge in [0.25, 0.3) is 0 Å². The van der Waals surface area contributed by atoms with E-state index in [0.29, 0.717) is 11.0 Å². The smallest absolute Gasteiger partial charge is 0.0127 e. The van der Waals surface area contributed by atoms with Gasteiger partial charge in [0.2, 0.25) is 0 Å². The van der Waals surface area contributed by atoms with Crippen LogP contribution in [0.15, 0.2) is 0 Å². The molecule has 1 N–H and O–H groups in total. The van der Waals surface area contributed by atoms with Gasteiger partial charge in [-0.1, -0.05) is 6.92 Å². The van der Waals surface area contributed by atoms with Crippen molar-refractivity contribution >= 4 is 0 Å². The summed E-state index contributed by atoms with van der Waals surface area (Å²) >= 11 is 0. The zero-order chi connectivity index (χ0) is 10.4. The second-order valence-corrected chi connectivity index (χ2v) is 6.12. The van der Waals surface area contributed by atoms with Gasteiger partial charge in [-0.3, -0.25) is 4.90 Å². The van der Waals surface area contributed by atoms with Gasteiger partial charge in [-0.05, 0) is 45.6 Å². The van der Waals surface area contributed by atoms with Crippen LogP contribution in [-0.2, 0) is 0 Å². The van der Waals surface area contributed by atoms with Crippen molar-refractivity contribution in [2.24, 2.45) is 5.41 Å². The molecule has 0 aromatic carbocycles. The van der Waals surface area contributed by atoms with Crippen LogP contribution in [-0.4, -0.2) is 36.1 Å². The molecule has 1 spiro atoms. The van der Waals surface area contributed by atoms with Gasteiger partial charge in [0.1, 0.15) is 0 Å². The normalized spacial score (nSPS) is 26.4. The molecule has 1 saturated carbocycles. The molecule has 82 valence electrons. The minimum Gasteiger partial charge on any atom is -0.316 e. The summed E-state index contributed by atoms with van der Waals surface area (Å²) in [5, 5.41) is 3.40. The topological polar surface area (TPSA) is 15.3 Å². The summed E-state index contributed by atoms with van der Waals surface area (Å²) in [7, 11) is 0. The van der Waals surface area contributed by atoms with E-state index in [2.05, 4.69) is 37.9 Å². The average Bonchev–Trinajstić information content (AvgIpc) is 1.88. The standard InChI is InChI=1S/C12H24N2/c1-5-14(11(2,3)4)10-6-12(7-10)8-13-9-12/h10,13H,5-9H2,1-4H3. The highest BCUT2D eigenvalue weighted by molar-refractivity contribution is 5.07. The first-order valence-electron chi connectivity index (χ1n) is 5.94. The van der Waals surface area contributed by atoms with Gasteiger partial charge in [-0.25, -0.2) is 0 Å². The second kappa shape index (κ2) is 3.21. The van der Waals surface area contributed by atoms with E-state index in [4.69, 9.17) is 0 Å². The van der Waals surface area contributed by atoms with Crippen molar-refractivity contribution in [2.45, 2.75) is 52.1 Å². The first-order valence-corrected chi connectivity index (χ1v) is 5.94. The Morgan fingerprint density at radius 1 is 1.29 bits per heavy atom. The predicted molar refractivity (Wildman–Crippen MR) is 60.5 cm³/mol. The average molecular weight is 196 g/mol. The molecule has 2 nitrogen and oxygen atoms in total. The van der Waals surface area contributed by atoms with Crippen molar-refractivity contribution in [1.29, 1.82) is 0 Å². The number of nitrogens with zero attached hydrogens (tertiary/aromatic N) is 1. The lowest BCUT2D eigenvalue weighted by atomic mass is 9.61. The molecular formula is C12H24N2. The molecule has 2 rings (SSSR count). The third kappa shape index (κ3) is 1.59.